The smallest absolute Gasteiger partial charge is 0.323 e. The zero-order valence-corrected chi connectivity index (χ0v) is 17.8. The molecule has 6 nitrogen and oxygen atoms in total. The summed E-state index contributed by atoms with van der Waals surface area (Å²) in [6.07, 6.45) is 2.12. The number of aryl methyl sites for hydroxylation is 1. The zero-order valence-electron chi connectivity index (χ0n) is 17.0. The van der Waals surface area contributed by atoms with Crippen LogP contribution in [0.5, 0.6) is 0 Å². The lowest BCUT2D eigenvalue weighted by atomic mass is 9.84. The number of nitrogens with zero attached hydrogens (tertiary/aromatic N) is 5. The van der Waals surface area contributed by atoms with Gasteiger partial charge in [0.1, 0.15) is 23.7 Å². The van der Waals surface area contributed by atoms with Gasteiger partial charge in [0.2, 0.25) is 0 Å². The molecule has 0 bridgehead atoms. The van der Waals surface area contributed by atoms with Crippen molar-refractivity contribution < 1.29 is 22.7 Å². The van der Waals surface area contributed by atoms with E-state index in [1.807, 2.05) is 19.1 Å². The Bertz CT molecular complexity index is 1330. The minimum absolute atomic E-state index is 0.373. The summed E-state index contributed by atoms with van der Waals surface area (Å²) in [6, 6.07) is 8.02. The number of halogens is 4. The van der Waals surface area contributed by atoms with Crippen LogP contribution in [0.2, 0.25) is 0 Å². The lowest BCUT2D eigenvalue weighted by Gasteiger charge is -2.35. The van der Waals surface area contributed by atoms with Crippen molar-refractivity contribution in [3.63, 3.8) is 0 Å². The van der Waals surface area contributed by atoms with Crippen LogP contribution in [0.25, 0.3) is 0 Å². The lowest BCUT2D eigenvalue weighted by Crippen LogP contribution is -2.48. The summed E-state index contributed by atoms with van der Waals surface area (Å²) in [5.74, 6) is -0.692. The van der Waals surface area contributed by atoms with Gasteiger partial charge in [0.15, 0.2) is 5.60 Å². The predicted molar refractivity (Wildman–Crippen MR) is 111 cm³/mol. The van der Waals surface area contributed by atoms with Gasteiger partial charge in [0.25, 0.3) is 0 Å². The van der Waals surface area contributed by atoms with Crippen molar-refractivity contribution in [2.24, 2.45) is 0 Å². The van der Waals surface area contributed by atoms with Crippen LogP contribution in [0.3, 0.4) is 0 Å². The normalized spacial score (nSPS) is 13.3. The molecule has 11 heteroatoms. The molecule has 33 heavy (non-hydrogen) atoms. The Hall–Kier alpha value is -3.62. The van der Waals surface area contributed by atoms with Crippen molar-refractivity contribution >= 4 is 11.3 Å². The fourth-order valence-electron chi connectivity index (χ4n) is 3.17. The average Bonchev–Trinajstić information content (AvgIpc) is 3.43. The molecule has 0 radical (unpaired) electrons. The molecule has 3 aromatic heterocycles. The first-order chi connectivity index (χ1) is 15.7. The van der Waals surface area contributed by atoms with Gasteiger partial charge in [0.05, 0.1) is 11.4 Å². The predicted octanol–water partition coefficient (Wildman–Crippen LogP) is 3.80. The SMILES string of the molecule is Cc1ccc(C#Cc2ccc(C(F)(F)C(O)(Cn3cnnn3)c3ccc(F)cc3F)nc2)s1. The molecule has 4 aromatic rings. The van der Waals surface area contributed by atoms with Gasteiger partial charge in [-0.2, -0.15) is 8.78 Å². The Morgan fingerprint density at radius 3 is 2.52 bits per heavy atom. The van der Waals surface area contributed by atoms with Crippen LogP contribution in [0.15, 0.2) is 55.0 Å². The minimum Gasteiger partial charge on any atom is -0.377 e. The summed E-state index contributed by atoms with van der Waals surface area (Å²) in [5.41, 5.74) is -4.48. The quantitative estimate of drug-likeness (QED) is 0.353. The van der Waals surface area contributed by atoms with Gasteiger partial charge in [-0.3, -0.25) is 4.98 Å². The molecule has 1 unspecified atom stereocenters. The second-order valence-electron chi connectivity index (χ2n) is 7.16. The topological polar surface area (TPSA) is 76.7 Å². The number of hydrogen-bond donors (Lipinski definition) is 1. The van der Waals surface area contributed by atoms with Gasteiger partial charge >= 0.3 is 5.92 Å². The van der Waals surface area contributed by atoms with E-state index in [4.69, 9.17) is 0 Å². The lowest BCUT2D eigenvalue weighted by molar-refractivity contribution is -0.207. The van der Waals surface area contributed by atoms with Crippen molar-refractivity contribution in [3.8, 4) is 11.8 Å². The van der Waals surface area contributed by atoms with Crippen LogP contribution < -0.4 is 0 Å². The average molecular weight is 473 g/mol. The molecule has 0 aliphatic carbocycles. The van der Waals surface area contributed by atoms with E-state index in [1.54, 1.807) is 0 Å². The zero-order chi connectivity index (χ0) is 23.6. The molecule has 0 aliphatic rings. The maximum Gasteiger partial charge on any atom is 0.323 e. The third-order valence-electron chi connectivity index (χ3n) is 4.83. The van der Waals surface area contributed by atoms with Crippen molar-refractivity contribution in [1.82, 2.24) is 25.2 Å². The van der Waals surface area contributed by atoms with E-state index < -0.39 is 41.0 Å². The number of aromatic nitrogens is 5. The second-order valence-corrected chi connectivity index (χ2v) is 8.45. The number of alkyl halides is 2. The molecule has 1 aromatic carbocycles. The maximum atomic E-state index is 15.7. The molecular weight excluding hydrogens is 458 g/mol. The number of benzene rings is 1. The van der Waals surface area contributed by atoms with Crippen LogP contribution in [-0.2, 0) is 18.1 Å². The van der Waals surface area contributed by atoms with Gasteiger partial charge in [0, 0.05) is 28.3 Å². The number of tetrazole rings is 1. The Balaban J connectivity index is 1.72. The summed E-state index contributed by atoms with van der Waals surface area (Å²) in [5, 5.41) is 21.3. The first-order valence-corrected chi connectivity index (χ1v) is 10.3. The van der Waals surface area contributed by atoms with Crippen molar-refractivity contribution in [1.29, 1.82) is 0 Å². The van der Waals surface area contributed by atoms with Crippen LogP contribution in [0.4, 0.5) is 17.6 Å². The molecule has 0 spiro atoms. The number of thiophene rings is 1. The molecule has 4 rings (SSSR count). The largest absolute Gasteiger partial charge is 0.377 e. The molecule has 1 N–H and O–H groups in total. The van der Waals surface area contributed by atoms with E-state index in [0.717, 1.165) is 45.2 Å². The summed E-state index contributed by atoms with van der Waals surface area (Å²) in [7, 11) is 0. The molecule has 1 atom stereocenters. The highest BCUT2D eigenvalue weighted by Gasteiger charge is 2.57. The minimum atomic E-state index is -4.12. The summed E-state index contributed by atoms with van der Waals surface area (Å²) >= 11 is 1.49. The van der Waals surface area contributed by atoms with Gasteiger partial charge in [-0.1, -0.05) is 11.8 Å². The highest BCUT2D eigenvalue weighted by molar-refractivity contribution is 7.12. The number of hydrogen-bond acceptors (Lipinski definition) is 6. The Kier molecular flexibility index (Phi) is 5.97. The first kappa shape index (κ1) is 22.6. The summed E-state index contributed by atoms with van der Waals surface area (Å²) in [6.45, 7) is 1.02. The fraction of sp³-hybridized carbons (Fsp3) is 0.182. The third-order valence-corrected chi connectivity index (χ3v) is 5.75. The Labute approximate surface area is 189 Å². The molecule has 3 heterocycles. The number of pyridine rings is 1. The van der Waals surface area contributed by atoms with E-state index in [2.05, 4.69) is 32.4 Å². The maximum absolute atomic E-state index is 15.7. The highest BCUT2D eigenvalue weighted by atomic mass is 32.1. The monoisotopic (exact) mass is 473 g/mol. The number of rotatable bonds is 5. The second kappa shape index (κ2) is 8.73. The molecule has 0 amide bonds. The summed E-state index contributed by atoms with van der Waals surface area (Å²) in [4.78, 5) is 5.66. The Morgan fingerprint density at radius 2 is 1.91 bits per heavy atom. The third kappa shape index (κ3) is 4.48. The van der Waals surface area contributed by atoms with Crippen LogP contribution in [-0.4, -0.2) is 30.3 Å². The molecule has 0 fully saturated rings. The Morgan fingerprint density at radius 1 is 1.09 bits per heavy atom. The molecule has 0 saturated carbocycles. The molecule has 0 saturated heterocycles. The molecule has 168 valence electrons. The van der Waals surface area contributed by atoms with E-state index >= 15 is 8.78 Å². The molecular formula is C22H15F4N5OS. The van der Waals surface area contributed by atoms with Gasteiger partial charge in [-0.05, 0) is 53.7 Å². The van der Waals surface area contributed by atoms with E-state index in [-0.39, 0.29) is 0 Å². The first-order valence-electron chi connectivity index (χ1n) is 9.50. The van der Waals surface area contributed by atoms with E-state index in [1.165, 1.54) is 17.4 Å². The van der Waals surface area contributed by atoms with Crippen molar-refractivity contribution in [2.45, 2.75) is 25.0 Å². The van der Waals surface area contributed by atoms with Crippen molar-refractivity contribution in [2.75, 3.05) is 0 Å². The van der Waals surface area contributed by atoms with Crippen LogP contribution in [0.1, 0.15) is 26.6 Å². The van der Waals surface area contributed by atoms with E-state index in [9.17, 15) is 13.9 Å². The number of aliphatic hydroxyl groups is 1. The standard InChI is InChI=1S/C22H15F4N5OS/c1-14-2-6-17(33-14)7-3-15-4-9-20(27-11-15)22(25,26)21(32,12-31-13-28-29-30-31)18-8-5-16(23)10-19(18)24/h2,4-6,8-11,13,32H,12H2,1H3. The van der Waals surface area contributed by atoms with Gasteiger partial charge in [-0.15, -0.1) is 16.4 Å². The van der Waals surface area contributed by atoms with Crippen LogP contribution in [0, 0.1) is 30.4 Å². The fourth-order valence-corrected chi connectivity index (χ4v) is 3.89. The highest BCUT2D eigenvalue weighted by Crippen LogP contribution is 2.46. The van der Waals surface area contributed by atoms with E-state index in [0.29, 0.717) is 11.6 Å². The van der Waals surface area contributed by atoms with Crippen molar-refractivity contribution in [3.05, 3.63) is 93.2 Å². The molecule has 0 aliphatic heterocycles. The summed E-state index contributed by atoms with van der Waals surface area (Å²) < 4.78 is 60.1. The van der Waals surface area contributed by atoms with Gasteiger partial charge in [-0.25, -0.2) is 13.5 Å². The van der Waals surface area contributed by atoms with Crippen LogP contribution >= 0.6 is 11.3 Å². The van der Waals surface area contributed by atoms with Gasteiger partial charge < -0.3 is 5.11 Å².